The number of carbonyl (C=O) groups is 1. The van der Waals surface area contributed by atoms with Gasteiger partial charge in [-0.3, -0.25) is 4.79 Å². The summed E-state index contributed by atoms with van der Waals surface area (Å²) in [7, 11) is 0. The maximum atomic E-state index is 13.2. The molecule has 0 saturated heterocycles. The number of carbonyl (C=O) groups excluding carboxylic acids is 1. The van der Waals surface area contributed by atoms with Gasteiger partial charge in [0.25, 0.3) is 0 Å². The summed E-state index contributed by atoms with van der Waals surface area (Å²) in [5, 5.41) is 7.23. The molecule has 0 aromatic heterocycles. The first kappa shape index (κ1) is 18.8. The summed E-state index contributed by atoms with van der Waals surface area (Å²) in [5.41, 5.74) is 5.51. The van der Waals surface area contributed by atoms with Crippen molar-refractivity contribution in [1.29, 1.82) is 0 Å². The van der Waals surface area contributed by atoms with E-state index in [1.807, 2.05) is 12.1 Å². The van der Waals surface area contributed by atoms with E-state index >= 15 is 0 Å². The topological polar surface area (TPSA) is 41.1 Å². The van der Waals surface area contributed by atoms with Crippen molar-refractivity contribution in [2.75, 3.05) is 10.6 Å². The van der Waals surface area contributed by atoms with Gasteiger partial charge in [0.2, 0.25) is 0 Å². The van der Waals surface area contributed by atoms with Gasteiger partial charge in [-0.25, -0.2) is 0 Å². The zero-order valence-electron chi connectivity index (χ0n) is 17.5. The Morgan fingerprint density at radius 2 is 1.61 bits per heavy atom. The molecule has 0 unspecified atom stereocenters. The standard InChI is InChI=1S/C25H30N2O/c1-24(2,3)17-12-10-16(11-13-17)23-22-20(14-25(4,5)15-21(22)28)26-18-8-6-7-9-19(18)27-23/h6-14,22-23,26-27H,15H2,1-5H3/t22-,23+/m0/s1. The predicted molar refractivity (Wildman–Crippen MR) is 117 cm³/mol. The van der Waals surface area contributed by atoms with Crippen LogP contribution in [0, 0.1) is 11.3 Å². The minimum absolute atomic E-state index is 0.0833. The van der Waals surface area contributed by atoms with Gasteiger partial charge in [-0.1, -0.05) is 77.1 Å². The van der Waals surface area contributed by atoms with E-state index in [-0.39, 0.29) is 22.8 Å². The van der Waals surface area contributed by atoms with Gasteiger partial charge in [0.1, 0.15) is 5.78 Å². The molecule has 3 heteroatoms. The van der Waals surface area contributed by atoms with Crippen molar-refractivity contribution in [2.45, 2.75) is 52.5 Å². The summed E-state index contributed by atoms with van der Waals surface area (Å²) < 4.78 is 0. The predicted octanol–water partition coefficient (Wildman–Crippen LogP) is 6.06. The summed E-state index contributed by atoms with van der Waals surface area (Å²) in [5.74, 6) is 0.0844. The summed E-state index contributed by atoms with van der Waals surface area (Å²) in [6.45, 7) is 10.9. The normalized spacial score (nSPS) is 23.5. The molecular weight excluding hydrogens is 344 g/mol. The molecule has 3 nitrogen and oxygen atoms in total. The van der Waals surface area contributed by atoms with E-state index in [1.165, 1.54) is 5.56 Å². The minimum Gasteiger partial charge on any atom is -0.375 e. The van der Waals surface area contributed by atoms with Gasteiger partial charge < -0.3 is 10.6 Å². The van der Waals surface area contributed by atoms with E-state index < -0.39 is 0 Å². The number of nitrogens with one attached hydrogen (secondary N) is 2. The highest BCUT2D eigenvalue weighted by atomic mass is 16.1. The Kier molecular flexibility index (Phi) is 4.37. The van der Waals surface area contributed by atoms with Crippen LogP contribution in [0.2, 0.25) is 0 Å². The fourth-order valence-electron chi connectivity index (χ4n) is 4.36. The Morgan fingerprint density at radius 3 is 2.25 bits per heavy atom. The molecule has 2 aliphatic rings. The van der Waals surface area contributed by atoms with Gasteiger partial charge in [-0.15, -0.1) is 0 Å². The van der Waals surface area contributed by atoms with Crippen LogP contribution in [0.4, 0.5) is 11.4 Å². The first-order valence-corrected chi connectivity index (χ1v) is 10.1. The average molecular weight is 375 g/mol. The number of Topliss-reactive ketones (excluding diaryl/α,β-unsaturated/α-hetero) is 1. The maximum absolute atomic E-state index is 13.2. The Morgan fingerprint density at radius 1 is 0.964 bits per heavy atom. The smallest absolute Gasteiger partial charge is 0.145 e. The first-order valence-electron chi connectivity index (χ1n) is 10.1. The second kappa shape index (κ2) is 6.51. The minimum atomic E-state index is -0.207. The molecule has 0 spiro atoms. The summed E-state index contributed by atoms with van der Waals surface area (Å²) in [6.07, 6.45) is 2.82. The van der Waals surface area contributed by atoms with E-state index in [0.29, 0.717) is 12.2 Å². The lowest BCUT2D eigenvalue weighted by Gasteiger charge is -2.35. The SMILES string of the molecule is CC1(C)C=C2Nc3ccccc3N[C@H](c3ccc(C(C)(C)C)cc3)[C@@H]2C(=O)C1. The largest absolute Gasteiger partial charge is 0.375 e. The fraction of sp³-hybridized carbons (Fsp3) is 0.400. The van der Waals surface area contributed by atoms with Gasteiger partial charge in [-0.2, -0.15) is 0 Å². The Balaban J connectivity index is 1.82. The van der Waals surface area contributed by atoms with Crippen molar-refractivity contribution in [3.63, 3.8) is 0 Å². The summed E-state index contributed by atoms with van der Waals surface area (Å²) in [4.78, 5) is 13.2. The molecule has 0 fully saturated rings. The molecule has 146 valence electrons. The van der Waals surface area contributed by atoms with Crippen molar-refractivity contribution in [3.05, 3.63) is 71.4 Å². The van der Waals surface area contributed by atoms with Crippen LogP contribution in [0.1, 0.15) is 58.2 Å². The number of fused-ring (bicyclic) bond motifs is 2. The highest BCUT2D eigenvalue weighted by molar-refractivity contribution is 5.90. The fourth-order valence-corrected chi connectivity index (χ4v) is 4.36. The van der Waals surface area contributed by atoms with Crippen LogP contribution in [0.15, 0.2) is 60.3 Å². The van der Waals surface area contributed by atoms with E-state index in [1.54, 1.807) is 0 Å². The van der Waals surface area contributed by atoms with E-state index in [4.69, 9.17) is 0 Å². The van der Waals surface area contributed by atoms with Crippen LogP contribution in [0.5, 0.6) is 0 Å². The van der Waals surface area contributed by atoms with Crippen LogP contribution >= 0.6 is 0 Å². The third-order valence-corrected chi connectivity index (χ3v) is 5.84. The number of para-hydroxylation sites is 2. The molecule has 0 saturated carbocycles. The van der Waals surface area contributed by atoms with E-state index in [2.05, 4.69) is 87.7 Å². The molecule has 4 rings (SSSR count). The van der Waals surface area contributed by atoms with Crippen LogP contribution in [-0.4, -0.2) is 5.78 Å². The third-order valence-electron chi connectivity index (χ3n) is 5.84. The maximum Gasteiger partial charge on any atom is 0.145 e. The molecule has 1 aliphatic heterocycles. The van der Waals surface area contributed by atoms with Crippen LogP contribution in [-0.2, 0) is 10.2 Å². The van der Waals surface area contributed by atoms with Gasteiger partial charge in [0.05, 0.1) is 23.3 Å². The lowest BCUT2D eigenvalue weighted by atomic mass is 9.72. The highest BCUT2D eigenvalue weighted by Crippen LogP contribution is 2.45. The average Bonchev–Trinajstić information content (AvgIpc) is 2.76. The van der Waals surface area contributed by atoms with Crippen molar-refractivity contribution >= 4 is 17.2 Å². The zero-order chi connectivity index (χ0) is 20.1. The van der Waals surface area contributed by atoms with Gasteiger partial charge >= 0.3 is 0 Å². The molecule has 2 N–H and O–H groups in total. The Bertz CT molecular complexity index is 932. The zero-order valence-corrected chi connectivity index (χ0v) is 17.5. The lowest BCUT2D eigenvalue weighted by Crippen LogP contribution is -2.36. The number of benzene rings is 2. The van der Waals surface area contributed by atoms with Crippen LogP contribution in [0.25, 0.3) is 0 Å². The number of anilines is 2. The Hall–Kier alpha value is -2.55. The summed E-state index contributed by atoms with van der Waals surface area (Å²) >= 11 is 0. The molecule has 0 bridgehead atoms. The quantitative estimate of drug-likeness (QED) is 0.637. The third kappa shape index (κ3) is 3.46. The molecule has 0 radical (unpaired) electrons. The van der Waals surface area contributed by atoms with Crippen molar-refractivity contribution in [3.8, 4) is 0 Å². The van der Waals surface area contributed by atoms with Crippen LogP contribution < -0.4 is 10.6 Å². The molecule has 1 aliphatic carbocycles. The Labute approximate surface area is 168 Å². The van der Waals surface area contributed by atoms with Crippen molar-refractivity contribution in [1.82, 2.24) is 0 Å². The van der Waals surface area contributed by atoms with Gasteiger partial charge in [0, 0.05) is 12.1 Å². The highest BCUT2D eigenvalue weighted by Gasteiger charge is 2.41. The molecule has 2 aromatic carbocycles. The summed E-state index contributed by atoms with van der Waals surface area (Å²) in [6, 6.07) is 16.9. The first-order chi connectivity index (χ1) is 13.1. The molecule has 2 aromatic rings. The van der Waals surface area contributed by atoms with Gasteiger partial charge in [0.15, 0.2) is 0 Å². The number of rotatable bonds is 1. The number of hydrogen-bond donors (Lipinski definition) is 2. The molecule has 28 heavy (non-hydrogen) atoms. The lowest BCUT2D eigenvalue weighted by molar-refractivity contribution is -0.124. The van der Waals surface area contributed by atoms with Crippen molar-refractivity contribution < 1.29 is 4.79 Å². The monoisotopic (exact) mass is 374 g/mol. The second-order valence-corrected chi connectivity index (χ2v) is 9.87. The van der Waals surface area contributed by atoms with E-state index in [9.17, 15) is 4.79 Å². The number of ketones is 1. The molecule has 0 amide bonds. The van der Waals surface area contributed by atoms with E-state index in [0.717, 1.165) is 22.6 Å². The van der Waals surface area contributed by atoms with Crippen molar-refractivity contribution in [2.24, 2.45) is 11.3 Å². The molecule has 2 atom stereocenters. The molecular formula is C25H30N2O. The number of hydrogen-bond acceptors (Lipinski definition) is 3. The van der Waals surface area contributed by atoms with Gasteiger partial charge in [-0.05, 0) is 34.1 Å². The number of allylic oxidation sites excluding steroid dienone is 1. The molecule has 1 heterocycles. The second-order valence-electron chi connectivity index (χ2n) is 9.87. The van der Waals surface area contributed by atoms with Crippen LogP contribution in [0.3, 0.4) is 0 Å².